The average molecular weight is 220 g/mol. The minimum Gasteiger partial charge on any atom is -0.299 e. The van der Waals surface area contributed by atoms with Gasteiger partial charge in [-0.05, 0) is 31.1 Å². The van der Waals surface area contributed by atoms with Crippen LogP contribution in [-0.2, 0) is 9.59 Å². The van der Waals surface area contributed by atoms with E-state index < -0.39 is 0 Å². The summed E-state index contributed by atoms with van der Waals surface area (Å²) in [5, 5.41) is 0. The number of carbonyl (C=O) groups excluding carboxylic acids is 2. The van der Waals surface area contributed by atoms with Crippen LogP contribution in [0, 0.1) is 28.6 Å². The Morgan fingerprint density at radius 3 is 2.56 bits per heavy atom. The number of hydrogen-bond acceptors (Lipinski definition) is 2. The number of ketones is 2. The molecule has 4 atom stereocenters. The molecule has 3 aliphatic rings. The Hall–Kier alpha value is -0.660. The second kappa shape index (κ2) is 2.77. The van der Waals surface area contributed by atoms with Crippen molar-refractivity contribution in [3.8, 4) is 0 Å². The van der Waals surface area contributed by atoms with Crippen LogP contribution in [0.1, 0.15) is 46.5 Å². The number of carbonyl (C=O) groups is 2. The summed E-state index contributed by atoms with van der Waals surface area (Å²) in [4.78, 5) is 24.6. The molecule has 88 valence electrons. The Morgan fingerprint density at radius 2 is 1.88 bits per heavy atom. The summed E-state index contributed by atoms with van der Waals surface area (Å²) >= 11 is 0. The van der Waals surface area contributed by atoms with Gasteiger partial charge in [0.2, 0.25) is 0 Å². The van der Waals surface area contributed by atoms with Gasteiger partial charge in [-0.25, -0.2) is 0 Å². The number of rotatable bonds is 0. The highest BCUT2D eigenvalue weighted by Gasteiger charge is 2.66. The molecular weight excluding hydrogens is 200 g/mol. The second-order valence-corrected chi connectivity index (χ2v) is 6.87. The van der Waals surface area contributed by atoms with Crippen molar-refractivity contribution in [2.45, 2.75) is 46.5 Å². The van der Waals surface area contributed by atoms with E-state index in [0.717, 1.165) is 19.3 Å². The van der Waals surface area contributed by atoms with E-state index in [1.165, 1.54) is 0 Å². The maximum Gasteiger partial charge on any atom is 0.142 e. The molecule has 0 heterocycles. The highest BCUT2D eigenvalue weighted by atomic mass is 16.1. The molecular formula is C14H20O2. The van der Waals surface area contributed by atoms with Crippen LogP contribution in [-0.4, -0.2) is 11.6 Å². The van der Waals surface area contributed by atoms with Crippen LogP contribution in [0.15, 0.2) is 0 Å². The van der Waals surface area contributed by atoms with E-state index in [0.29, 0.717) is 29.8 Å². The zero-order valence-electron chi connectivity index (χ0n) is 10.4. The summed E-state index contributed by atoms with van der Waals surface area (Å²) in [6.45, 7) is 6.16. The first kappa shape index (κ1) is 10.5. The van der Waals surface area contributed by atoms with Gasteiger partial charge < -0.3 is 0 Å². The van der Waals surface area contributed by atoms with E-state index in [1.807, 2.05) is 13.8 Å². The zero-order chi connectivity index (χ0) is 11.7. The monoisotopic (exact) mass is 220 g/mol. The van der Waals surface area contributed by atoms with Crippen LogP contribution >= 0.6 is 0 Å². The second-order valence-electron chi connectivity index (χ2n) is 6.87. The van der Waals surface area contributed by atoms with Crippen LogP contribution in [0.3, 0.4) is 0 Å². The molecule has 3 rings (SSSR count). The SMILES string of the molecule is CC1(C)C[C@H]2C[C@@H]3CCC(=O)[C@]3(C)[C@H]2C1=O. The lowest BCUT2D eigenvalue weighted by molar-refractivity contribution is -0.138. The van der Waals surface area contributed by atoms with Crippen LogP contribution in [0.4, 0.5) is 0 Å². The predicted molar refractivity (Wildman–Crippen MR) is 60.8 cm³/mol. The van der Waals surface area contributed by atoms with Crippen LogP contribution in [0.25, 0.3) is 0 Å². The molecule has 0 aromatic carbocycles. The van der Waals surface area contributed by atoms with Crippen molar-refractivity contribution in [2.75, 3.05) is 0 Å². The van der Waals surface area contributed by atoms with E-state index in [2.05, 4.69) is 6.92 Å². The fourth-order valence-electron chi connectivity index (χ4n) is 4.75. The smallest absolute Gasteiger partial charge is 0.142 e. The van der Waals surface area contributed by atoms with E-state index >= 15 is 0 Å². The molecule has 0 aromatic heterocycles. The Bertz CT molecular complexity index is 382. The van der Waals surface area contributed by atoms with E-state index in [-0.39, 0.29) is 16.7 Å². The lowest BCUT2D eigenvalue weighted by atomic mass is 9.71. The van der Waals surface area contributed by atoms with Gasteiger partial charge in [0.1, 0.15) is 11.6 Å². The summed E-state index contributed by atoms with van der Waals surface area (Å²) in [6, 6.07) is 0. The van der Waals surface area contributed by atoms with Gasteiger partial charge in [0.15, 0.2) is 0 Å². The summed E-state index contributed by atoms with van der Waals surface area (Å²) < 4.78 is 0. The van der Waals surface area contributed by atoms with Crippen molar-refractivity contribution in [1.29, 1.82) is 0 Å². The third-order valence-corrected chi connectivity index (χ3v) is 5.60. The molecule has 3 saturated carbocycles. The maximum absolute atomic E-state index is 12.4. The summed E-state index contributed by atoms with van der Waals surface area (Å²) in [6.07, 6.45) is 3.84. The Labute approximate surface area is 96.8 Å². The van der Waals surface area contributed by atoms with Crippen molar-refractivity contribution in [2.24, 2.45) is 28.6 Å². The Balaban J connectivity index is 2.05. The molecule has 0 amide bonds. The van der Waals surface area contributed by atoms with Gasteiger partial charge in [-0.2, -0.15) is 0 Å². The van der Waals surface area contributed by atoms with Crippen molar-refractivity contribution >= 4 is 11.6 Å². The standard InChI is InChI=1S/C14H20O2/c1-13(2)7-8-6-9-4-5-10(15)14(9,3)11(8)12(13)16/h8-9,11H,4-7H2,1-3H3/t8-,9+,11-,14-/m1/s1. The van der Waals surface area contributed by atoms with E-state index in [1.54, 1.807) is 0 Å². The van der Waals surface area contributed by atoms with Crippen molar-refractivity contribution in [3.63, 3.8) is 0 Å². The summed E-state index contributed by atoms with van der Waals surface area (Å²) in [5.74, 6) is 1.74. The number of Topliss-reactive ketones (excluding diaryl/α,β-unsaturated/α-hetero) is 2. The third kappa shape index (κ3) is 0.988. The summed E-state index contributed by atoms with van der Waals surface area (Å²) in [7, 11) is 0. The van der Waals surface area contributed by atoms with Gasteiger partial charge >= 0.3 is 0 Å². The summed E-state index contributed by atoms with van der Waals surface area (Å²) in [5.41, 5.74) is -0.484. The van der Waals surface area contributed by atoms with Gasteiger partial charge in [-0.3, -0.25) is 9.59 Å². The molecule has 0 bridgehead atoms. The minimum atomic E-state index is -0.296. The first-order valence-corrected chi connectivity index (χ1v) is 6.45. The van der Waals surface area contributed by atoms with Gasteiger partial charge in [0, 0.05) is 23.2 Å². The quantitative estimate of drug-likeness (QED) is 0.629. The lowest BCUT2D eigenvalue weighted by Gasteiger charge is -2.30. The Morgan fingerprint density at radius 1 is 1.19 bits per heavy atom. The Kier molecular flexibility index (Phi) is 1.82. The van der Waals surface area contributed by atoms with Crippen LogP contribution in [0.2, 0.25) is 0 Å². The highest BCUT2D eigenvalue weighted by Crippen LogP contribution is 2.64. The van der Waals surface area contributed by atoms with Crippen molar-refractivity contribution in [1.82, 2.24) is 0 Å². The highest BCUT2D eigenvalue weighted by molar-refractivity contribution is 5.98. The van der Waals surface area contributed by atoms with Crippen LogP contribution < -0.4 is 0 Å². The van der Waals surface area contributed by atoms with Gasteiger partial charge in [0.25, 0.3) is 0 Å². The molecule has 0 spiro atoms. The molecule has 2 heteroatoms. The molecule has 0 aromatic rings. The predicted octanol–water partition coefficient (Wildman–Crippen LogP) is 2.61. The largest absolute Gasteiger partial charge is 0.299 e. The molecule has 3 fully saturated rings. The number of hydrogen-bond donors (Lipinski definition) is 0. The lowest BCUT2D eigenvalue weighted by Crippen LogP contribution is -2.38. The molecule has 3 aliphatic carbocycles. The topological polar surface area (TPSA) is 34.1 Å². The van der Waals surface area contributed by atoms with Gasteiger partial charge in [-0.1, -0.05) is 20.8 Å². The first-order chi connectivity index (χ1) is 7.37. The zero-order valence-corrected chi connectivity index (χ0v) is 10.4. The molecule has 0 N–H and O–H groups in total. The van der Waals surface area contributed by atoms with Crippen molar-refractivity contribution < 1.29 is 9.59 Å². The van der Waals surface area contributed by atoms with E-state index in [4.69, 9.17) is 0 Å². The first-order valence-electron chi connectivity index (χ1n) is 6.45. The minimum absolute atomic E-state index is 0.0440. The normalized spacial score (nSPS) is 49.6. The number of fused-ring (bicyclic) bond motifs is 3. The van der Waals surface area contributed by atoms with E-state index in [9.17, 15) is 9.59 Å². The fraction of sp³-hybridized carbons (Fsp3) is 0.857. The van der Waals surface area contributed by atoms with Gasteiger partial charge in [0.05, 0.1) is 0 Å². The molecule has 0 aliphatic heterocycles. The third-order valence-electron chi connectivity index (χ3n) is 5.60. The fourth-order valence-corrected chi connectivity index (χ4v) is 4.75. The molecule has 0 unspecified atom stereocenters. The van der Waals surface area contributed by atoms with Gasteiger partial charge in [-0.15, -0.1) is 0 Å². The van der Waals surface area contributed by atoms with Crippen LogP contribution in [0.5, 0.6) is 0 Å². The molecule has 0 radical (unpaired) electrons. The molecule has 2 nitrogen and oxygen atoms in total. The molecule has 0 saturated heterocycles. The average Bonchev–Trinajstić information content (AvgIpc) is 2.68. The maximum atomic E-state index is 12.4. The molecule has 16 heavy (non-hydrogen) atoms. The van der Waals surface area contributed by atoms with Crippen molar-refractivity contribution in [3.05, 3.63) is 0 Å².